The third-order valence-electron chi connectivity index (χ3n) is 2.74. The van der Waals surface area contributed by atoms with Crippen molar-refractivity contribution in [1.29, 1.82) is 0 Å². The van der Waals surface area contributed by atoms with Crippen molar-refractivity contribution >= 4 is 0 Å². The maximum atomic E-state index is 5.56. The highest BCUT2D eigenvalue weighted by Crippen LogP contribution is 2.23. The zero-order valence-electron chi connectivity index (χ0n) is 9.12. The lowest BCUT2D eigenvalue weighted by molar-refractivity contribution is 0.374. The van der Waals surface area contributed by atoms with Gasteiger partial charge in [0.2, 0.25) is 0 Å². The number of nitrogens with one attached hydrogen (secondary N) is 1. The predicted molar refractivity (Wildman–Crippen MR) is 58.5 cm³/mol. The molecule has 0 fully saturated rings. The summed E-state index contributed by atoms with van der Waals surface area (Å²) in [6.45, 7) is 6.40. The topological polar surface area (TPSA) is 50.9 Å². The summed E-state index contributed by atoms with van der Waals surface area (Å²) in [5, 5.41) is 0. The van der Waals surface area contributed by atoms with Gasteiger partial charge in [-0.05, 0) is 24.5 Å². The second-order valence-electron chi connectivity index (χ2n) is 3.74. The molecule has 0 aliphatic carbocycles. The Balaban J connectivity index is 2.94. The van der Waals surface area contributed by atoms with Crippen molar-refractivity contribution in [2.24, 2.45) is 11.8 Å². The van der Waals surface area contributed by atoms with Gasteiger partial charge in [0.05, 0.1) is 11.7 Å². The monoisotopic (exact) mass is 193 g/mol. The quantitative estimate of drug-likeness (QED) is 0.567. The third kappa shape index (κ3) is 2.30. The lowest BCUT2D eigenvalue weighted by Gasteiger charge is -2.22. The van der Waals surface area contributed by atoms with Crippen LogP contribution < -0.4 is 11.3 Å². The minimum Gasteiger partial charge on any atom is -0.271 e. The van der Waals surface area contributed by atoms with Crippen LogP contribution in [-0.2, 0) is 0 Å². The number of aromatic nitrogens is 1. The fraction of sp³-hybridized carbons (Fsp3) is 0.545. The van der Waals surface area contributed by atoms with Gasteiger partial charge in [0.1, 0.15) is 0 Å². The van der Waals surface area contributed by atoms with Gasteiger partial charge in [-0.1, -0.05) is 26.3 Å². The van der Waals surface area contributed by atoms with Gasteiger partial charge in [-0.15, -0.1) is 0 Å². The van der Waals surface area contributed by atoms with Gasteiger partial charge in [0, 0.05) is 6.20 Å². The Labute approximate surface area is 85.7 Å². The summed E-state index contributed by atoms with van der Waals surface area (Å²) in [6.07, 6.45) is 2.90. The van der Waals surface area contributed by atoms with Gasteiger partial charge < -0.3 is 0 Å². The summed E-state index contributed by atoms with van der Waals surface area (Å²) < 4.78 is 0. The molecule has 0 spiro atoms. The number of nitrogens with two attached hydrogens (primary N) is 1. The fourth-order valence-corrected chi connectivity index (χ4v) is 1.57. The van der Waals surface area contributed by atoms with Crippen LogP contribution in [0.25, 0.3) is 0 Å². The van der Waals surface area contributed by atoms with E-state index >= 15 is 0 Å². The molecule has 0 saturated carbocycles. The second kappa shape index (κ2) is 5.08. The molecule has 1 heterocycles. The summed E-state index contributed by atoms with van der Waals surface area (Å²) in [5.41, 5.74) is 5.10. The molecule has 0 bridgehead atoms. The number of nitrogens with zero attached hydrogens (tertiary/aromatic N) is 1. The van der Waals surface area contributed by atoms with Crippen molar-refractivity contribution in [1.82, 2.24) is 10.4 Å². The van der Waals surface area contributed by atoms with E-state index in [1.807, 2.05) is 12.3 Å². The summed E-state index contributed by atoms with van der Waals surface area (Å²) in [6, 6.07) is 4.17. The first kappa shape index (κ1) is 11.1. The number of hydrogen-bond acceptors (Lipinski definition) is 3. The van der Waals surface area contributed by atoms with Crippen LogP contribution in [0.15, 0.2) is 18.3 Å². The Morgan fingerprint density at radius 1 is 1.57 bits per heavy atom. The Hall–Kier alpha value is -0.930. The molecule has 0 amide bonds. The highest BCUT2D eigenvalue weighted by atomic mass is 15.2. The molecule has 3 N–H and O–H groups in total. The van der Waals surface area contributed by atoms with Crippen molar-refractivity contribution < 1.29 is 0 Å². The molecule has 0 aliphatic heterocycles. The van der Waals surface area contributed by atoms with Gasteiger partial charge in [-0.25, -0.2) is 0 Å². The molecular weight excluding hydrogens is 174 g/mol. The van der Waals surface area contributed by atoms with E-state index in [2.05, 4.69) is 37.2 Å². The molecular formula is C11H19N3. The molecule has 1 aromatic heterocycles. The van der Waals surface area contributed by atoms with Crippen molar-refractivity contribution in [3.8, 4) is 0 Å². The predicted octanol–water partition coefficient (Wildman–Crippen LogP) is 1.94. The van der Waals surface area contributed by atoms with Crippen LogP contribution in [0.2, 0.25) is 0 Å². The molecule has 0 saturated heterocycles. The zero-order valence-corrected chi connectivity index (χ0v) is 9.12. The van der Waals surface area contributed by atoms with Gasteiger partial charge in [-0.3, -0.25) is 16.3 Å². The standard InChI is InChI=1S/C11H19N3/c1-4-8(2)11(14-12)10-9(3)6-5-7-13-10/h5-8,11,14H,4,12H2,1-3H3. The first-order valence-electron chi connectivity index (χ1n) is 5.08. The van der Waals surface area contributed by atoms with Gasteiger partial charge >= 0.3 is 0 Å². The minimum atomic E-state index is 0.154. The SMILES string of the molecule is CCC(C)C(NN)c1ncccc1C. The lowest BCUT2D eigenvalue weighted by Crippen LogP contribution is -2.33. The first-order chi connectivity index (χ1) is 6.70. The normalized spacial score (nSPS) is 15.1. The van der Waals surface area contributed by atoms with E-state index in [-0.39, 0.29) is 6.04 Å². The smallest absolute Gasteiger partial charge is 0.0660 e. The Morgan fingerprint density at radius 3 is 2.79 bits per heavy atom. The van der Waals surface area contributed by atoms with E-state index in [0.717, 1.165) is 12.1 Å². The molecule has 14 heavy (non-hydrogen) atoms. The highest BCUT2D eigenvalue weighted by molar-refractivity contribution is 5.21. The van der Waals surface area contributed by atoms with Crippen LogP contribution in [0.3, 0.4) is 0 Å². The lowest BCUT2D eigenvalue weighted by atomic mass is 9.94. The molecule has 2 atom stereocenters. The van der Waals surface area contributed by atoms with Gasteiger partial charge in [-0.2, -0.15) is 0 Å². The number of hydrazine groups is 1. The highest BCUT2D eigenvalue weighted by Gasteiger charge is 2.18. The molecule has 78 valence electrons. The third-order valence-corrected chi connectivity index (χ3v) is 2.74. The summed E-state index contributed by atoms with van der Waals surface area (Å²) >= 11 is 0. The van der Waals surface area contributed by atoms with Crippen LogP contribution in [0, 0.1) is 12.8 Å². The summed E-state index contributed by atoms with van der Waals surface area (Å²) in [4.78, 5) is 4.38. The average Bonchev–Trinajstić information content (AvgIpc) is 2.21. The maximum absolute atomic E-state index is 5.56. The van der Waals surface area contributed by atoms with Crippen molar-refractivity contribution in [3.63, 3.8) is 0 Å². The molecule has 3 nitrogen and oxygen atoms in total. The number of hydrogen-bond donors (Lipinski definition) is 2. The summed E-state index contributed by atoms with van der Waals surface area (Å²) in [7, 11) is 0. The molecule has 3 heteroatoms. The number of rotatable bonds is 4. The van der Waals surface area contributed by atoms with Gasteiger partial charge in [0.25, 0.3) is 0 Å². The Kier molecular flexibility index (Phi) is 4.04. The fourth-order valence-electron chi connectivity index (χ4n) is 1.57. The largest absolute Gasteiger partial charge is 0.271 e. The van der Waals surface area contributed by atoms with Crippen molar-refractivity contribution in [3.05, 3.63) is 29.6 Å². The Morgan fingerprint density at radius 2 is 2.29 bits per heavy atom. The van der Waals surface area contributed by atoms with E-state index in [0.29, 0.717) is 5.92 Å². The van der Waals surface area contributed by atoms with E-state index in [9.17, 15) is 0 Å². The molecule has 1 rings (SSSR count). The van der Waals surface area contributed by atoms with Crippen LogP contribution in [-0.4, -0.2) is 4.98 Å². The van der Waals surface area contributed by atoms with E-state index in [4.69, 9.17) is 5.84 Å². The van der Waals surface area contributed by atoms with Crippen molar-refractivity contribution in [2.75, 3.05) is 0 Å². The minimum absolute atomic E-state index is 0.154. The van der Waals surface area contributed by atoms with Crippen molar-refractivity contribution in [2.45, 2.75) is 33.2 Å². The summed E-state index contributed by atoms with van der Waals surface area (Å²) in [5.74, 6) is 6.05. The van der Waals surface area contributed by atoms with Gasteiger partial charge in [0.15, 0.2) is 0 Å². The molecule has 0 radical (unpaired) electrons. The van der Waals surface area contributed by atoms with E-state index in [1.54, 1.807) is 0 Å². The first-order valence-corrected chi connectivity index (χ1v) is 5.08. The van der Waals surface area contributed by atoms with Crippen LogP contribution in [0.1, 0.15) is 37.6 Å². The molecule has 1 aromatic rings. The molecule has 0 aliphatic rings. The molecule has 0 aromatic carbocycles. The van der Waals surface area contributed by atoms with Crippen LogP contribution in [0.5, 0.6) is 0 Å². The second-order valence-corrected chi connectivity index (χ2v) is 3.74. The van der Waals surface area contributed by atoms with E-state index < -0.39 is 0 Å². The Bertz CT molecular complexity index is 286. The van der Waals surface area contributed by atoms with E-state index in [1.165, 1.54) is 5.56 Å². The average molecular weight is 193 g/mol. The maximum Gasteiger partial charge on any atom is 0.0660 e. The van der Waals surface area contributed by atoms with Crippen LogP contribution >= 0.6 is 0 Å². The van der Waals surface area contributed by atoms with Crippen LogP contribution in [0.4, 0.5) is 0 Å². The number of aryl methyl sites for hydroxylation is 1. The number of pyridine rings is 1. The molecule has 2 unspecified atom stereocenters. The zero-order chi connectivity index (χ0) is 10.6.